The Balaban J connectivity index is 1.53. The quantitative estimate of drug-likeness (QED) is 0.598. The number of thiophene rings is 1. The van der Waals surface area contributed by atoms with Gasteiger partial charge in [-0.3, -0.25) is 9.89 Å². The van der Waals surface area contributed by atoms with E-state index in [1.54, 1.807) is 24.5 Å². The van der Waals surface area contributed by atoms with Crippen LogP contribution in [0.2, 0.25) is 5.02 Å². The predicted octanol–water partition coefficient (Wildman–Crippen LogP) is 4.00. The number of aromatic amines is 1. The maximum atomic E-state index is 13.8. The van der Waals surface area contributed by atoms with Crippen molar-refractivity contribution in [2.24, 2.45) is 0 Å². The second kappa shape index (κ2) is 8.66. The predicted molar refractivity (Wildman–Crippen MR) is 102 cm³/mol. The van der Waals surface area contributed by atoms with Gasteiger partial charge in [0.1, 0.15) is 11.6 Å². The van der Waals surface area contributed by atoms with Crippen molar-refractivity contribution in [3.8, 4) is 0 Å². The molecule has 9 heteroatoms. The highest BCUT2D eigenvalue weighted by Crippen LogP contribution is 2.21. The van der Waals surface area contributed by atoms with E-state index in [-0.39, 0.29) is 18.2 Å². The van der Waals surface area contributed by atoms with E-state index in [1.807, 2.05) is 17.5 Å². The minimum absolute atomic E-state index is 0.114. The number of rotatable bonds is 7. The minimum atomic E-state index is -0.419. The van der Waals surface area contributed by atoms with E-state index in [4.69, 9.17) is 11.6 Å². The highest BCUT2D eigenvalue weighted by Gasteiger charge is 2.15. The average Bonchev–Trinajstić information content (AvgIpc) is 3.28. The Labute approximate surface area is 163 Å². The monoisotopic (exact) mass is 410 g/mol. The SMILES string of the molecule is CN(Cc1c(F)cccc1Cl)C(=O)CSc1n[nH]c(Cc2cccs2)n1. The summed E-state index contributed by atoms with van der Waals surface area (Å²) in [7, 11) is 1.62. The lowest BCUT2D eigenvalue weighted by atomic mass is 10.2. The highest BCUT2D eigenvalue weighted by atomic mass is 35.5. The number of thioether (sulfide) groups is 1. The number of carbonyl (C=O) groups excluding carboxylic acids is 1. The zero-order valence-corrected chi connectivity index (χ0v) is 16.3. The molecule has 1 N–H and O–H groups in total. The fraction of sp³-hybridized carbons (Fsp3) is 0.235. The smallest absolute Gasteiger partial charge is 0.233 e. The van der Waals surface area contributed by atoms with Crippen LogP contribution in [-0.4, -0.2) is 38.8 Å². The van der Waals surface area contributed by atoms with Crippen LogP contribution in [0.1, 0.15) is 16.3 Å². The number of nitrogens with zero attached hydrogens (tertiary/aromatic N) is 3. The number of hydrogen-bond acceptors (Lipinski definition) is 5. The Morgan fingerprint density at radius 2 is 2.23 bits per heavy atom. The van der Waals surface area contributed by atoms with Gasteiger partial charge in [-0.1, -0.05) is 35.5 Å². The van der Waals surface area contributed by atoms with E-state index in [0.29, 0.717) is 22.2 Å². The highest BCUT2D eigenvalue weighted by molar-refractivity contribution is 7.99. The largest absolute Gasteiger partial charge is 0.341 e. The van der Waals surface area contributed by atoms with Gasteiger partial charge in [0.05, 0.1) is 5.75 Å². The van der Waals surface area contributed by atoms with Crippen LogP contribution < -0.4 is 0 Å². The van der Waals surface area contributed by atoms with Crippen LogP contribution in [0.4, 0.5) is 4.39 Å². The third kappa shape index (κ3) is 4.84. The molecule has 3 rings (SSSR count). The van der Waals surface area contributed by atoms with Crippen molar-refractivity contribution in [1.29, 1.82) is 0 Å². The summed E-state index contributed by atoms with van der Waals surface area (Å²) in [5.74, 6) is 0.351. The van der Waals surface area contributed by atoms with Gasteiger partial charge >= 0.3 is 0 Å². The first-order valence-corrected chi connectivity index (χ1v) is 10.0. The molecule has 0 aliphatic carbocycles. The molecule has 2 aromatic heterocycles. The first kappa shape index (κ1) is 18.9. The van der Waals surface area contributed by atoms with Crippen molar-refractivity contribution in [3.05, 3.63) is 62.8 Å². The van der Waals surface area contributed by atoms with Crippen molar-refractivity contribution in [1.82, 2.24) is 20.1 Å². The second-order valence-corrected chi connectivity index (χ2v) is 7.94. The van der Waals surface area contributed by atoms with Gasteiger partial charge in [0.15, 0.2) is 0 Å². The number of aromatic nitrogens is 3. The van der Waals surface area contributed by atoms with Crippen LogP contribution in [0.25, 0.3) is 0 Å². The molecular formula is C17H16ClFN4OS2. The van der Waals surface area contributed by atoms with E-state index in [0.717, 1.165) is 5.82 Å². The summed E-state index contributed by atoms with van der Waals surface area (Å²) in [6.07, 6.45) is 0.685. The van der Waals surface area contributed by atoms with Crippen molar-refractivity contribution in [2.45, 2.75) is 18.1 Å². The lowest BCUT2D eigenvalue weighted by Crippen LogP contribution is -2.28. The molecule has 1 amide bonds. The Bertz CT molecular complexity index is 865. The molecule has 0 saturated heterocycles. The lowest BCUT2D eigenvalue weighted by Gasteiger charge is -2.18. The molecule has 0 fully saturated rings. The van der Waals surface area contributed by atoms with Gasteiger partial charge in [0.25, 0.3) is 0 Å². The number of benzene rings is 1. The molecule has 0 spiro atoms. The molecule has 136 valence electrons. The summed E-state index contributed by atoms with van der Waals surface area (Å²) in [5.41, 5.74) is 0.311. The minimum Gasteiger partial charge on any atom is -0.341 e. The van der Waals surface area contributed by atoms with Crippen LogP contribution in [0.3, 0.4) is 0 Å². The number of halogens is 2. The summed E-state index contributed by atoms with van der Waals surface area (Å²) in [5, 5.41) is 9.84. The molecule has 0 radical (unpaired) electrons. The normalized spacial score (nSPS) is 10.9. The van der Waals surface area contributed by atoms with Crippen molar-refractivity contribution >= 4 is 40.6 Å². The third-order valence-electron chi connectivity index (χ3n) is 3.64. The molecular weight excluding hydrogens is 395 g/mol. The molecule has 3 aromatic rings. The van der Waals surface area contributed by atoms with Gasteiger partial charge in [-0.05, 0) is 23.6 Å². The van der Waals surface area contributed by atoms with Crippen LogP contribution in [0, 0.1) is 5.82 Å². The van der Waals surface area contributed by atoms with Crippen LogP contribution in [0.5, 0.6) is 0 Å². The Kier molecular flexibility index (Phi) is 6.29. The van der Waals surface area contributed by atoms with E-state index in [1.165, 1.54) is 33.7 Å². The number of nitrogens with one attached hydrogen (secondary N) is 1. The standard InChI is InChI=1S/C17H16ClFN4OS2/c1-23(9-12-13(18)5-2-6-14(12)19)16(24)10-26-17-20-15(21-22-17)8-11-4-3-7-25-11/h2-7H,8-10H2,1H3,(H,20,21,22). The maximum absolute atomic E-state index is 13.8. The van der Waals surface area contributed by atoms with Gasteiger partial charge in [0, 0.05) is 35.5 Å². The fourth-order valence-corrected chi connectivity index (χ4v) is 3.93. The molecule has 0 aliphatic heterocycles. The number of carbonyl (C=O) groups is 1. The summed E-state index contributed by atoms with van der Waals surface area (Å²) >= 11 is 8.90. The van der Waals surface area contributed by atoms with Crippen molar-refractivity contribution in [2.75, 3.05) is 12.8 Å². The van der Waals surface area contributed by atoms with Crippen molar-refractivity contribution < 1.29 is 9.18 Å². The number of hydrogen-bond donors (Lipinski definition) is 1. The van der Waals surface area contributed by atoms with Crippen LogP contribution in [0.15, 0.2) is 40.9 Å². The maximum Gasteiger partial charge on any atom is 0.233 e. The van der Waals surface area contributed by atoms with Gasteiger partial charge in [0.2, 0.25) is 11.1 Å². The number of amides is 1. The van der Waals surface area contributed by atoms with Gasteiger partial charge < -0.3 is 4.90 Å². The van der Waals surface area contributed by atoms with Gasteiger partial charge in [-0.2, -0.15) is 0 Å². The first-order valence-electron chi connectivity index (χ1n) is 7.76. The third-order valence-corrected chi connectivity index (χ3v) is 5.70. The average molecular weight is 411 g/mol. The molecule has 26 heavy (non-hydrogen) atoms. The van der Waals surface area contributed by atoms with Gasteiger partial charge in [-0.15, -0.1) is 16.4 Å². The Hall–Kier alpha value is -1.90. The van der Waals surface area contributed by atoms with E-state index >= 15 is 0 Å². The molecule has 5 nitrogen and oxygen atoms in total. The summed E-state index contributed by atoms with van der Waals surface area (Å²) in [6, 6.07) is 8.50. The molecule has 0 bridgehead atoms. The fourth-order valence-electron chi connectivity index (χ4n) is 2.24. The van der Waals surface area contributed by atoms with E-state index in [2.05, 4.69) is 15.2 Å². The zero-order valence-electron chi connectivity index (χ0n) is 13.9. The first-order chi connectivity index (χ1) is 12.5. The molecule has 2 heterocycles. The Morgan fingerprint density at radius 3 is 2.96 bits per heavy atom. The van der Waals surface area contributed by atoms with E-state index in [9.17, 15) is 9.18 Å². The molecule has 0 aliphatic rings. The lowest BCUT2D eigenvalue weighted by molar-refractivity contribution is -0.127. The molecule has 0 saturated carbocycles. The molecule has 0 unspecified atom stereocenters. The number of H-pyrrole nitrogens is 1. The summed E-state index contributed by atoms with van der Waals surface area (Å²) < 4.78 is 13.8. The molecule has 0 atom stereocenters. The second-order valence-electron chi connectivity index (χ2n) is 5.56. The Morgan fingerprint density at radius 1 is 1.38 bits per heavy atom. The summed E-state index contributed by atoms with van der Waals surface area (Å²) in [6.45, 7) is 0.114. The van der Waals surface area contributed by atoms with E-state index < -0.39 is 5.82 Å². The summed E-state index contributed by atoms with van der Waals surface area (Å²) in [4.78, 5) is 19.3. The van der Waals surface area contributed by atoms with Crippen molar-refractivity contribution in [3.63, 3.8) is 0 Å². The van der Waals surface area contributed by atoms with Crippen LogP contribution >= 0.6 is 34.7 Å². The zero-order chi connectivity index (χ0) is 18.5. The van der Waals surface area contributed by atoms with Crippen LogP contribution in [-0.2, 0) is 17.8 Å². The van der Waals surface area contributed by atoms with Gasteiger partial charge in [-0.25, -0.2) is 9.37 Å². The topological polar surface area (TPSA) is 61.9 Å². The molecule has 1 aromatic carbocycles.